The van der Waals surface area contributed by atoms with E-state index in [9.17, 15) is 4.79 Å². The molecule has 0 saturated carbocycles. The number of aryl methyl sites for hydroxylation is 1. The first-order valence-corrected chi connectivity index (χ1v) is 6.91. The first kappa shape index (κ1) is 12.3. The first-order chi connectivity index (χ1) is 8.29. The van der Waals surface area contributed by atoms with Crippen LogP contribution in [0.15, 0.2) is 0 Å². The van der Waals surface area contributed by atoms with Gasteiger partial charge in [0, 0.05) is 31.0 Å². The topological polar surface area (TPSA) is 58.1 Å². The zero-order valence-electron chi connectivity index (χ0n) is 10.1. The molecule has 6 heteroatoms. The lowest BCUT2D eigenvalue weighted by molar-refractivity contribution is -0.130. The molecule has 1 aliphatic heterocycles. The lowest BCUT2D eigenvalue weighted by atomic mass is 10.1. The second-order valence-corrected chi connectivity index (χ2v) is 4.92. The molecule has 1 fully saturated rings. The fraction of sp³-hybridized carbons (Fsp3) is 0.727. The van der Waals surface area contributed by atoms with Crippen molar-refractivity contribution < 1.29 is 4.79 Å². The maximum Gasteiger partial charge on any atom is 0.241 e. The van der Waals surface area contributed by atoms with Gasteiger partial charge in [-0.05, 0) is 19.3 Å². The van der Waals surface area contributed by atoms with Gasteiger partial charge in [0.25, 0.3) is 0 Å². The Labute approximate surface area is 105 Å². The van der Waals surface area contributed by atoms with Crippen molar-refractivity contribution in [3.63, 3.8) is 0 Å². The number of piperidine rings is 1. The highest BCUT2D eigenvalue weighted by Gasteiger charge is 2.16. The van der Waals surface area contributed by atoms with Gasteiger partial charge in [0.15, 0.2) is 0 Å². The molecule has 2 heterocycles. The Balaban J connectivity index is 1.78. The fourth-order valence-electron chi connectivity index (χ4n) is 1.88. The number of aromatic nitrogens is 2. The van der Waals surface area contributed by atoms with Crippen LogP contribution in [0.25, 0.3) is 0 Å². The highest BCUT2D eigenvalue weighted by molar-refractivity contribution is 7.09. The second kappa shape index (κ2) is 5.95. The summed E-state index contributed by atoms with van der Waals surface area (Å²) < 4.78 is 4.17. The van der Waals surface area contributed by atoms with Crippen LogP contribution in [0.4, 0.5) is 5.13 Å². The van der Waals surface area contributed by atoms with E-state index in [0.717, 1.165) is 43.3 Å². The van der Waals surface area contributed by atoms with Crippen molar-refractivity contribution in [3.05, 3.63) is 5.82 Å². The van der Waals surface area contributed by atoms with Crippen LogP contribution in [-0.4, -0.2) is 39.8 Å². The number of hydrogen-bond donors (Lipinski definition) is 1. The fourth-order valence-corrected chi connectivity index (χ4v) is 2.52. The monoisotopic (exact) mass is 254 g/mol. The van der Waals surface area contributed by atoms with Crippen LogP contribution in [0.5, 0.6) is 0 Å². The van der Waals surface area contributed by atoms with Gasteiger partial charge >= 0.3 is 0 Å². The number of nitrogens with zero attached hydrogens (tertiary/aromatic N) is 3. The molecule has 2 rings (SSSR count). The van der Waals surface area contributed by atoms with Crippen molar-refractivity contribution >= 4 is 22.6 Å². The molecule has 94 valence electrons. The number of anilines is 1. The lowest BCUT2D eigenvalue weighted by Gasteiger charge is -2.26. The molecule has 1 amide bonds. The summed E-state index contributed by atoms with van der Waals surface area (Å²) in [6.45, 7) is 4.15. The maximum atomic E-state index is 11.9. The summed E-state index contributed by atoms with van der Waals surface area (Å²) in [5, 5.41) is 3.79. The van der Waals surface area contributed by atoms with Crippen LogP contribution in [0.3, 0.4) is 0 Å². The average molecular weight is 254 g/mol. The van der Waals surface area contributed by atoms with Crippen molar-refractivity contribution in [2.24, 2.45) is 0 Å². The number of likely N-dealkylation sites (tertiary alicyclic amines) is 1. The number of carbonyl (C=O) groups excluding carboxylic acids is 1. The van der Waals surface area contributed by atoms with Gasteiger partial charge in [0.2, 0.25) is 11.0 Å². The van der Waals surface area contributed by atoms with Gasteiger partial charge in [0.05, 0.1) is 6.54 Å². The molecule has 0 aliphatic carbocycles. The summed E-state index contributed by atoms with van der Waals surface area (Å²) in [6.07, 6.45) is 4.33. The maximum absolute atomic E-state index is 11.9. The summed E-state index contributed by atoms with van der Waals surface area (Å²) in [4.78, 5) is 18.1. The second-order valence-electron chi connectivity index (χ2n) is 4.16. The Hall–Kier alpha value is -1.17. The average Bonchev–Trinajstić information content (AvgIpc) is 2.85. The molecular formula is C11H18N4OS. The van der Waals surface area contributed by atoms with Gasteiger partial charge in [-0.1, -0.05) is 6.92 Å². The van der Waals surface area contributed by atoms with E-state index in [2.05, 4.69) is 14.7 Å². The van der Waals surface area contributed by atoms with Gasteiger partial charge in [0.1, 0.15) is 5.82 Å². The molecular weight excluding hydrogens is 236 g/mol. The lowest BCUT2D eigenvalue weighted by Crippen LogP contribution is -2.39. The Morgan fingerprint density at radius 1 is 1.41 bits per heavy atom. The SMILES string of the molecule is CCc1nsc(NCC(=O)N2CCCCC2)n1. The zero-order chi connectivity index (χ0) is 12.1. The summed E-state index contributed by atoms with van der Waals surface area (Å²) in [5.74, 6) is 1.00. The van der Waals surface area contributed by atoms with E-state index < -0.39 is 0 Å². The van der Waals surface area contributed by atoms with E-state index >= 15 is 0 Å². The van der Waals surface area contributed by atoms with Crippen molar-refractivity contribution in [3.8, 4) is 0 Å². The largest absolute Gasteiger partial charge is 0.351 e. The molecule has 1 aromatic heterocycles. The molecule has 1 saturated heterocycles. The zero-order valence-corrected chi connectivity index (χ0v) is 10.9. The highest BCUT2D eigenvalue weighted by Crippen LogP contribution is 2.12. The van der Waals surface area contributed by atoms with Crippen LogP contribution >= 0.6 is 11.5 Å². The summed E-state index contributed by atoms with van der Waals surface area (Å²) in [6, 6.07) is 0. The Morgan fingerprint density at radius 2 is 2.18 bits per heavy atom. The van der Waals surface area contributed by atoms with Crippen molar-refractivity contribution in [2.45, 2.75) is 32.6 Å². The van der Waals surface area contributed by atoms with Gasteiger partial charge in [-0.2, -0.15) is 4.37 Å². The summed E-state index contributed by atoms with van der Waals surface area (Å²) in [5.41, 5.74) is 0. The molecule has 0 bridgehead atoms. The van der Waals surface area contributed by atoms with Crippen LogP contribution in [0.2, 0.25) is 0 Å². The number of carbonyl (C=O) groups is 1. The number of rotatable bonds is 4. The standard InChI is InChI=1S/C11H18N4OS/c1-2-9-13-11(17-14-9)12-8-10(16)15-6-4-3-5-7-15/h2-8H2,1H3,(H,12,13,14). The number of nitrogens with one attached hydrogen (secondary N) is 1. The highest BCUT2D eigenvalue weighted by atomic mass is 32.1. The van der Waals surface area contributed by atoms with Crippen molar-refractivity contribution in [1.82, 2.24) is 14.3 Å². The van der Waals surface area contributed by atoms with E-state index in [1.165, 1.54) is 18.0 Å². The predicted octanol–water partition coefficient (Wildman–Crippen LogP) is 1.52. The van der Waals surface area contributed by atoms with Gasteiger partial charge in [-0.3, -0.25) is 4.79 Å². The molecule has 1 aliphatic rings. The van der Waals surface area contributed by atoms with Crippen molar-refractivity contribution in [2.75, 3.05) is 25.0 Å². The summed E-state index contributed by atoms with van der Waals surface area (Å²) >= 11 is 1.32. The van der Waals surface area contributed by atoms with Crippen LogP contribution in [0.1, 0.15) is 32.0 Å². The van der Waals surface area contributed by atoms with Crippen LogP contribution < -0.4 is 5.32 Å². The van der Waals surface area contributed by atoms with E-state index in [-0.39, 0.29) is 5.91 Å². The van der Waals surface area contributed by atoms with Crippen LogP contribution in [0, 0.1) is 0 Å². The third-order valence-electron chi connectivity index (χ3n) is 2.88. The van der Waals surface area contributed by atoms with Gasteiger partial charge < -0.3 is 10.2 Å². The smallest absolute Gasteiger partial charge is 0.241 e. The summed E-state index contributed by atoms with van der Waals surface area (Å²) in [7, 11) is 0. The van der Waals surface area contributed by atoms with E-state index in [1.807, 2.05) is 11.8 Å². The molecule has 0 unspecified atom stereocenters. The number of amides is 1. The van der Waals surface area contributed by atoms with Gasteiger partial charge in [-0.15, -0.1) is 0 Å². The normalized spacial score (nSPS) is 15.9. The minimum atomic E-state index is 0.165. The molecule has 0 atom stereocenters. The van der Waals surface area contributed by atoms with Crippen molar-refractivity contribution in [1.29, 1.82) is 0 Å². The molecule has 0 radical (unpaired) electrons. The molecule has 0 spiro atoms. The third-order valence-corrected chi connectivity index (χ3v) is 3.59. The van der Waals surface area contributed by atoms with E-state index in [0.29, 0.717) is 6.54 Å². The molecule has 1 N–H and O–H groups in total. The van der Waals surface area contributed by atoms with Crippen LogP contribution in [-0.2, 0) is 11.2 Å². The Kier molecular flexibility index (Phi) is 4.30. The molecule has 5 nitrogen and oxygen atoms in total. The molecule has 17 heavy (non-hydrogen) atoms. The predicted molar refractivity (Wildman–Crippen MR) is 68.2 cm³/mol. The molecule has 0 aromatic carbocycles. The minimum Gasteiger partial charge on any atom is -0.351 e. The molecule has 1 aromatic rings. The quantitative estimate of drug-likeness (QED) is 0.885. The number of hydrogen-bond acceptors (Lipinski definition) is 5. The van der Waals surface area contributed by atoms with E-state index in [1.54, 1.807) is 0 Å². The Morgan fingerprint density at radius 3 is 2.82 bits per heavy atom. The third kappa shape index (κ3) is 3.39. The Bertz CT molecular complexity index is 373. The van der Waals surface area contributed by atoms with Gasteiger partial charge in [-0.25, -0.2) is 4.98 Å². The minimum absolute atomic E-state index is 0.165. The first-order valence-electron chi connectivity index (χ1n) is 6.14. The van der Waals surface area contributed by atoms with E-state index in [4.69, 9.17) is 0 Å².